The number of carbonyl (C=O) groups excluding carboxylic acids is 1. The third-order valence-electron chi connectivity index (χ3n) is 3.52. The van der Waals surface area contributed by atoms with Crippen LogP contribution in [0.2, 0.25) is 0 Å². The minimum absolute atomic E-state index is 0.176. The van der Waals surface area contributed by atoms with Crippen LogP contribution in [-0.2, 0) is 6.54 Å². The summed E-state index contributed by atoms with van der Waals surface area (Å²) in [6.45, 7) is 0.459. The van der Waals surface area contributed by atoms with E-state index in [2.05, 4.69) is 23.5 Å². The van der Waals surface area contributed by atoms with Gasteiger partial charge in [-0.1, -0.05) is 42.5 Å². The van der Waals surface area contributed by atoms with Gasteiger partial charge in [-0.05, 0) is 40.6 Å². The summed E-state index contributed by atoms with van der Waals surface area (Å²) in [4.78, 5) is 12.1. The Balaban J connectivity index is 1.73. The van der Waals surface area contributed by atoms with Crippen LogP contribution in [0.15, 0.2) is 66.7 Å². The average molecular weight is 286 g/mol. The van der Waals surface area contributed by atoms with Gasteiger partial charge in [0.15, 0.2) is 0 Å². The molecule has 3 rings (SSSR count). The molecule has 3 heteroatoms. The molecule has 3 aromatic rings. The maximum absolute atomic E-state index is 12.1. The molecule has 106 valence electrons. The van der Waals surface area contributed by atoms with Gasteiger partial charge in [0.25, 0.3) is 5.91 Å². The first-order valence-electron chi connectivity index (χ1n) is 7.02. The van der Waals surface area contributed by atoms with E-state index in [0.717, 1.165) is 10.9 Å². The van der Waals surface area contributed by atoms with Crippen LogP contribution < -0.4 is 5.32 Å². The van der Waals surface area contributed by atoms with Gasteiger partial charge in [-0.2, -0.15) is 5.26 Å². The van der Waals surface area contributed by atoms with E-state index in [1.165, 1.54) is 5.39 Å². The van der Waals surface area contributed by atoms with Crippen LogP contribution in [0.5, 0.6) is 0 Å². The number of amides is 1. The second-order valence-corrected chi connectivity index (χ2v) is 5.06. The summed E-state index contributed by atoms with van der Waals surface area (Å²) >= 11 is 0. The smallest absolute Gasteiger partial charge is 0.251 e. The summed E-state index contributed by atoms with van der Waals surface area (Å²) in [7, 11) is 0. The number of nitriles is 1. The van der Waals surface area contributed by atoms with Crippen molar-refractivity contribution in [2.24, 2.45) is 0 Å². The second kappa shape index (κ2) is 6.11. The Labute approximate surface area is 128 Å². The maximum Gasteiger partial charge on any atom is 0.251 e. The van der Waals surface area contributed by atoms with Crippen molar-refractivity contribution in [3.63, 3.8) is 0 Å². The fraction of sp³-hybridized carbons (Fsp3) is 0.0526. The van der Waals surface area contributed by atoms with Crippen molar-refractivity contribution < 1.29 is 4.79 Å². The van der Waals surface area contributed by atoms with Crippen LogP contribution in [0.4, 0.5) is 0 Å². The number of rotatable bonds is 3. The van der Waals surface area contributed by atoms with E-state index in [0.29, 0.717) is 17.7 Å². The molecule has 0 saturated carbocycles. The van der Waals surface area contributed by atoms with Crippen LogP contribution in [0.3, 0.4) is 0 Å². The van der Waals surface area contributed by atoms with Gasteiger partial charge in [0, 0.05) is 12.1 Å². The van der Waals surface area contributed by atoms with E-state index in [1.54, 1.807) is 24.3 Å². The lowest BCUT2D eigenvalue weighted by molar-refractivity contribution is 0.0951. The van der Waals surface area contributed by atoms with Crippen molar-refractivity contribution in [2.45, 2.75) is 6.54 Å². The Hall–Kier alpha value is -3.12. The molecule has 0 aliphatic rings. The van der Waals surface area contributed by atoms with Crippen molar-refractivity contribution in [1.29, 1.82) is 5.26 Å². The molecule has 0 unspecified atom stereocenters. The van der Waals surface area contributed by atoms with Crippen LogP contribution in [0, 0.1) is 11.3 Å². The highest BCUT2D eigenvalue weighted by molar-refractivity contribution is 5.94. The fourth-order valence-electron chi connectivity index (χ4n) is 2.36. The van der Waals surface area contributed by atoms with Crippen LogP contribution in [-0.4, -0.2) is 5.91 Å². The minimum Gasteiger partial charge on any atom is -0.348 e. The van der Waals surface area contributed by atoms with Gasteiger partial charge in [0.1, 0.15) is 0 Å². The van der Waals surface area contributed by atoms with Crippen LogP contribution in [0.1, 0.15) is 21.5 Å². The molecule has 0 aliphatic carbocycles. The molecule has 0 aliphatic heterocycles. The maximum atomic E-state index is 12.1. The first kappa shape index (κ1) is 13.8. The number of nitrogens with zero attached hydrogens (tertiary/aromatic N) is 1. The molecule has 22 heavy (non-hydrogen) atoms. The molecule has 0 spiro atoms. The van der Waals surface area contributed by atoms with E-state index in [1.807, 2.05) is 30.3 Å². The predicted molar refractivity (Wildman–Crippen MR) is 86.3 cm³/mol. The van der Waals surface area contributed by atoms with E-state index >= 15 is 0 Å². The molecule has 0 bridgehead atoms. The van der Waals surface area contributed by atoms with Gasteiger partial charge >= 0.3 is 0 Å². The molecule has 0 heterocycles. The van der Waals surface area contributed by atoms with Gasteiger partial charge in [-0.3, -0.25) is 4.79 Å². The molecular weight excluding hydrogens is 272 g/mol. The Morgan fingerprint density at radius 3 is 2.59 bits per heavy atom. The Bertz CT molecular complexity index is 878. The zero-order valence-corrected chi connectivity index (χ0v) is 11.9. The number of fused-ring (bicyclic) bond motifs is 1. The normalized spacial score (nSPS) is 10.1. The van der Waals surface area contributed by atoms with E-state index in [4.69, 9.17) is 5.26 Å². The summed E-state index contributed by atoms with van der Waals surface area (Å²) in [5, 5.41) is 14.1. The molecule has 3 aromatic carbocycles. The van der Waals surface area contributed by atoms with Crippen molar-refractivity contribution in [3.8, 4) is 6.07 Å². The largest absolute Gasteiger partial charge is 0.348 e. The average Bonchev–Trinajstić information content (AvgIpc) is 2.59. The lowest BCUT2D eigenvalue weighted by atomic mass is 10.1. The summed E-state index contributed by atoms with van der Waals surface area (Å²) in [6, 6.07) is 23.0. The molecule has 0 fully saturated rings. The first-order valence-corrected chi connectivity index (χ1v) is 7.02. The van der Waals surface area contributed by atoms with Gasteiger partial charge in [0.05, 0.1) is 11.6 Å². The van der Waals surface area contributed by atoms with Gasteiger partial charge < -0.3 is 5.32 Å². The molecule has 0 aromatic heterocycles. The summed E-state index contributed by atoms with van der Waals surface area (Å²) in [5.41, 5.74) is 2.03. The molecule has 0 saturated heterocycles. The monoisotopic (exact) mass is 286 g/mol. The number of benzene rings is 3. The van der Waals surface area contributed by atoms with Crippen LogP contribution in [0.25, 0.3) is 10.8 Å². The summed E-state index contributed by atoms with van der Waals surface area (Å²) in [5.74, 6) is -0.176. The topological polar surface area (TPSA) is 52.9 Å². The first-order chi connectivity index (χ1) is 10.8. The second-order valence-electron chi connectivity index (χ2n) is 5.06. The van der Waals surface area contributed by atoms with Crippen molar-refractivity contribution in [2.75, 3.05) is 0 Å². The number of nitrogens with one attached hydrogen (secondary N) is 1. The van der Waals surface area contributed by atoms with E-state index in [9.17, 15) is 4.79 Å². The Kier molecular flexibility index (Phi) is 3.84. The van der Waals surface area contributed by atoms with Crippen molar-refractivity contribution in [3.05, 3.63) is 83.4 Å². The Morgan fingerprint density at radius 2 is 1.77 bits per heavy atom. The number of carbonyl (C=O) groups is 1. The van der Waals surface area contributed by atoms with E-state index < -0.39 is 0 Å². The summed E-state index contributed by atoms with van der Waals surface area (Å²) in [6.07, 6.45) is 0. The molecular formula is C19H14N2O. The highest BCUT2D eigenvalue weighted by Gasteiger charge is 2.06. The zero-order chi connectivity index (χ0) is 15.4. The number of hydrogen-bond acceptors (Lipinski definition) is 2. The van der Waals surface area contributed by atoms with Crippen molar-refractivity contribution in [1.82, 2.24) is 5.32 Å². The van der Waals surface area contributed by atoms with Gasteiger partial charge in [-0.25, -0.2) is 0 Å². The standard InChI is InChI=1S/C19H14N2O/c20-12-14-4-3-7-18(10-14)19(22)21-13-15-8-9-16-5-1-2-6-17(16)11-15/h1-11H,13H2,(H,21,22). The van der Waals surface area contributed by atoms with Crippen LogP contribution >= 0.6 is 0 Å². The van der Waals surface area contributed by atoms with Gasteiger partial charge in [0.2, 0.25) is 0 Å². The molecule has 3 nitrogen and oxygen atoms in total. The highest BCUT2D eigenvalue weighted by atomic mass is 16.1. The quantitative estimate of drug-likeness (QED) is 0.799. The molecule has 0 radical (unpaired) electrons. The zero-order valence-electron chi connectivity index (χ0n) is 11.9. The third kappa shape index (κ3) is 2.97. The third-order valence-corrected chi connectivity index (χ3v) is 3.52. The SMILES string of the molecule is N#Cc1cccc(C(=O)NCc2ccc3ccccc3c2)c1. The Morgan fingerprint density at radius 1 is 0.955 bits per heavy atom. The molecule has 1 amide bonds. The molecule has 0 atom stereocenters. The fourth-order valence-corrected chi connectivity index (χ4v) is 2.36. The van der Waals surface area contributed by atoms with E-state index in [-0.39, 0.29) is 5.91 Å². The summed E-state index contributed by atoms with van der Waals surface area (Å²) < 4.78 is 0. The minimum atomic E-state index is -0.176. The molecule has 1 N–H and O–H groups in total. The highest BCUT2D eigenvalue weighted by Crippen LogP contribution is 2.15. The number of hydrogen-bond donors (Lipinski definition) is 1. The lowest BCUT2D eigenvalue weighted by Crippen LogP contribution is -2.22. The lowest BCUT2D eigenvalue weighted by Gasteiger charge is -2.07. The predicted octanol–water partition coefficient (Wildman–Crippen LogP) is 3.64. The van der Waals surface area contributed by atoms with Gasteiger partial charge in [-0.15, -0.1) is 0 Å². The van der Waals surface area contributed by atoms with Crippen molar-refractivity contribution >= 4 is 16.7 Å².